The number of nitro benzene ring substituents is 1. The summed E-state index contributed by atoms with van der Waals surface area (Å²) in [5.74, 6) is -0.697. The first-order valence-electron chi connectivity index (χ1n) is 6.95. The van der Waals surface area contributed by atoms with E-state index < -0.39 is 10.8 Å². The lowest BCUT2D eigenvalue weighted by atomic mass is 10.0. The van der Waals surface area contributed by atoms with Gasteiger partial charge in [-0.1, -0.05) is 6.42 Å². The van der Waals surface area contributed by atoms with E-state index in [1.165, 1.54) is 6.07 Å². The average Bonchev–Trinajstić information content (AvgIpc) is 2.45. The molecule has 0 spiro atoms. The van der Waals surface area contributed by atoms with Gasteiger partial charge in [0.15, 0.2) is 0 Å². The molecule has 1 saturated heterocycles. The number of aromatic hydroxyl groups is 1. The summed E-state index contributed by atoms with van der Waals surface area (Å²) >= 11 is 0. The molecule has 2 rings (SSSR count). The van der Waals surface area contributed by atoms with Gasteiger partial charge >= 0.3 is 0 Å². The maximum atomic E-state index is 12.1. The number of carbonyl (C=O) groups excluding carboxylic acids is 1. The third-order valence-electron chi connectivity index (χ3n) is 3.84. The number of rotatable bonds is 4. The van der Waals surface area contributed by atoms with Gasteiger partial charge in [0.25, 0.3) is 11.6 Å². The predicted molar refractivity (Wildman–Crippen MR) is 77.4 cm³/mol. The van der Waals surface area contributed by atoms with Crippen molar-refractivity contribution in [3.8, 4) is 5.75 Å². The molecule has 1 fully saturated rings. The van der Waals surface area contributed by atoms with E-state index in [9.17, 15) is 20.0 Å². The SMILES string of the molecule is CN1CCCCC1CNC(=O)c1cc(O)ccc1[N+](=O)[O-]. The highest BCUT2D eigenvalue weighted by atomic mass is 16.6. The van der Waals surface area contributed by atoms with Crippen molar-refractivity contribution in [1.29, 1.82) is 0 Å². The number of likely N-dealkylation sites (tertiary alicyclic amines) is 1. The van der Waals surface area contributed by atoms with Crippen LogP contribution in [-0.2, 0) is 0 Å². The summed E-state index contributed by atoms with van der Waals surface area (Å²) in [5, 5.41) is 23.1. The van der Waals surface area contributed by atoms with Crippen LogP contribution >= 0.6 is 0 Å². The Labute approximate surface area is 122 Å². The summed E-state index contributed by atoms with van der Waals surface area (Å²) in [6, 6.07) is 3.71. The summed E-state index contributed by atoms with van der Waals surface area (Å²) in [4.78, 5) is 24.6. The topological polar surface area (TPSA) is 95.7 Å². The molecule has 1 atom stereocenters. The van der Waals surface area contributed by atoms with Crippen LogP contribution in [0.2, 0.25) is 0 Å². The lowest BCUT2D eigenvalue weighted by Gasteiger charge is -2.32. The Morgan fingerprint density at radius 1 is 1.52 bits per heavy atom. The van der Waals surface area contributed by atoms with Crippen molar-refractivity contribution in [1.82, 2.24) is 10.2 Å². The molecule has 0 bridgehead atoms. The number of carbonyl (C=O) groups is 1. The highest BCUT2D eigenvalue weighted by molar-refractivity contribution is 5.98. The standard InChI is InChI=1S/C14H19N3O4/c1-16-7-3-2-4-10(16)9-15-14(19)12-8-11(18)5-6-13(12)17(20)21/h5-6,8,10,18H,2-4,7,9H2,1H3,(H,15,19). The minimum Gasteiger partial charge on any atom is -0.508 e. The summed E-state index contributed by atoms with van der Waals surface area (Å²) in [6.45, 7) is 1.44. The molecule has 0 saturated carbocycles. The number of benzene rings is 1. The van der Waals surface area contributed by atoms with Crippen LogP contribution in [0, 0.1) is 10.1 Å². The van der Waals surface area contributed by atoms with Crippen molar-refractivity contribution in [2.45, 2.75) is 25.3 Å². The molecule has 1 aliphatic heterocycles. The fourth-order valence-electron chi connectivity index (χ4n) is 2.57. The Hall–Kier alpha value is -2.15. The molecule has 0 aliphatic carbocycles. The first-order valence-corrected chi connectivity index (χ1v) is 6.95. The highest BCUT2D eigenvalue weighted by Gasteiger charge is 2.23. The molecule has 2 N–H and O–H groups in total. The highest BCUT2D eigenvalue weighted by Crippen LogP contribution is 2.23. The van der Waals surface area contributed by atoms with E-state index in [1.54, 1.807) is 0 Å². The van der Waals surface area contributed by atoms with Gasteiger partial charge < -0.3 is 15.3 Å². The van der Waals surface area contributed by atoms with Gasteiger partial charge in [0.05, 0.1) is 4.92 Å². The van der Waals surface area contributed by atoms with Crippen LogP contribution in [0.3, 0.4) is 0 Å². The number of phenols is 1. The van der Waals surface area contributed by atoms with Crippen LogP contribution in [0.1, 0.15) is 29.6 Å². The van der Waals surface area contributed by atoms with E-state index in [2.05, 4.69) is 10.2 Å². The van der Waals surface area contributed by atoms with E-state index in [4.69, 9.17) is 0 Å². The summed E-state index contributed by atoms with van der Waals surface area (Å²) < 4.78 is 0. The minimum absolute atomic E-state index is 0.113. The Morgan fingerprint density at radius 3 is 2.95 bits per heavy atom. The van der Waals surface area contributed by atoms with E-state index in [0.717, 1.165) is 37.9 Å². The van der Waals surface area contributed by atoms with Crippen molar-refractivity contribution >= 4 is 11.6 Å². The zero-order valence-corrected chi connectivity index (χ0v) is 11.9. The van der Waals surface area contributed by atoms with E-state index in [-0.39, 0.29) is 23.0 Å². The molecule has 1 aromatic carbocycles. The van der Waals surface area contributed by atoms with E-state index >= 15 is 0 Å². The van der Waals surface area contributed by atoms with Crippen LogP contribution in [0.4, 0.5) is 5.69 Å². The van der Waals surface area contributed by atoms with Gasteiger partial charge in [0.1, 0.15) is 11.3 Å². The smallest absolute Gasteiger partial charge is 0.282 e. The Morgan fingerprint density at radius 2 is 2.29 bits per heavy atom. The number of hydrogen-bond donors (Lipinski definition) is 2. The second kappa shape index (κ2) is 6.53. The number of phenolic OH excluding ortho intramolecular Hbond substituents is 1. The van der Waals surface area contributed by atoms with Crippen LogP contribution in [0.25, 0.3) is 0 Å². The largest absolute Gasteiger partial charge is 0.508 e. The Bertz CT molecular complexity index is 547. The molecule has 1 heterocycles. The lowest BCUT2D eigenvalue weighted by molar-refractivity contribution is -0.385. The number of hydrogen-bond acceptors (Lipinski definition) is 5. The molecule has 114 valence electrons. The summed E-state index contributed by atoms with van der Waals surface area (Å²) in [6.07, 6.45) is 3.27. The number of nitrogens with one attached hydrogen (secondary N) is 1. The Balaban J connectivity index is 2.06. The molecule has 7 nitrogen and oxygen atoms in total. The zero-order valence-electron chi connectivity index (χ0n) is 11.9. The summed E-state index contributed by atoms with van der Waals surface area (Å²) in [5.41, 5.74) is -0.416. The van der Waals surface area contributed by atoms with Crippen molar-refractivity contribution in [2.24, 2.45) is 0 Å². The third kappa shape index (κ3) is 3.69. The van der Waals surface area contributed by atoms with E-state index in [1.807, 2.05) is 7.05 Å². The molecule has 0 aromatic heterocycles. The fourth-order valence-corrected chi connectivity index (χ4v) is 2.57. The number of piperidine rings is 1. The predicted octanol–water partition coefficient (Wildman–Crippen LogP) is 1.51. The maximum Gasteiger partial charge on any atom is 0.282 e. The second-order valence-electron chi connectivity index (χ2n) is 5.30. The number of likely N-dealkylation sites (N-methyl/N-ethyl adjacent to an activating group) is 1. The van der Waals surface area contributed by atoms with Crippen LogP contribution in [0.5, 0.6) is 5.75 Å². The number of nitrogens with zero attached hydrogens (tertiary/aromatic N) is 2. The maximum absolute atomic E-state index is 12.1. The van der Waals surface area contributed by atoms with Gasteiger partial charge in [0.2, 0.25) is 0 Å². The average molecular weight is 293 g/mol. The van der Waals surface area contributed by atoms with Crippen molar-refractivity contribution in [2.75, 3.05) is 20.1 Å². The van der Waals surface area contributed by atoms with Gasteiger partial charge in [-0.25, -0.2) is 0 Å². The fraction of sp³-hybridized carbons (Fsp3) is 0.500. The van der Waals surface area contributed by atoms with Gasteiger partial charge in [-0.3, -0.25) is 14.9 Å². The van der Waals surface area contributed by atoms with Gasteiger partial charge in [-0.2, -0.15) is 0 Å². The third-order valence-corrected chi connectivity index (χ3v) is 3.84. The first kappa shape index (κ1) is 15.2. The van der Waals surface area contributed by atoms with Crippen molar-refractivity contribution in [3.05, 3.63) is 33.9 Å². The quantitative estimate of drug-likeness (QED) is 0.648. The lowest BCUT2D eigenvalue weighted by Crippen LogP contribution is -2.44. The van der Waals surface area contributed by atoms with Crippen LogP contribution in [0.15, 0.2) is 18.2 Å². The molecule has 1 amide bonds. The minimum atomic E-state index is -0.624. The van der Waals surface area contributed by atoms with Crippen molar-refractivity contribution < 1.29 is 14.8 Å². The Kier molecular flexibility index (Phi) is 4.74. The molecule has 1 unspecified atom stereocenters. The number of amides is 1. The van der Waals surface area contributed by atoms with Gasteiger partial charge in [-0.15, -0.1) is 0 Å². The normalized spacial score (nSPS) is 19.2. The zero-order chi connectivity index (χ0) is 15.4. The second-order valence-corrected chi connectivity index (χ2v) is 5.30. The molecule has 21 heavy (non-hydrogen) atoms. The van der Waals surface area contributed by atoms with Gasteiger partial charge in [0, 0.05) is 18.7 Å². The molecule has 7 heteroatoms. The monoisotopic (exact) mass is 293 g/mol. The van der Waals surface area contributed by atoms with Crippen LogP contribution < -0.4 is 5.32 Å². The molecular weight excluding hydrogens is 274 g/mol. The molecule has 1 aromatic rings. The van der Waals surface area contributed by atoms with Gasteiger partial charge in [-0.05, 0) is 38.6 Å². The number of nitro groups is 1. The summed E-state index contributed by atoms with van der Waals surface area (Å²) in [7, 11) is 2.01. The van der Waals surface area contributed by atoms with E-state index in [0.29, 0.717) is 6.54 Å². The van der Waals surface area contributed by atoms with Crippen LogP contribution in [-0.4, -0.2) is 47.0 Å². The molecular formula is C14H19N3O4. The first-order chi connectivity index (χ1) is 9.99. The van der Waals surface area contributed by atoms with Crippen molar-refractivity contribution in [3.63, 3.8) is 0 Å². The molecule has 0 radical (unpaired) electrons. The molecule has 1 aliphatic rings.